The van der Waals surface area contributed by atoms with Crippen LogP contribution in [0, 0.1) is 11.3 Å². The van der Waals surface area contributed by atoms with E-state index in [4.69, 9.17) is 16.2 Å². The van der Waals surface area contributed by atoms with E-state index < -0.39 is 12.0 Å². The Balaban J connectivity index is 1.64. The maximum absolute atomic E-state index is 11.7. The molecule has 2 atom stereocenters. The maximum Gasteiger partial charge on any atom is 0.407 e. The molecule has 5 N–H and O–H groups in total. The highest BCUT2D eigenvalue weighted by Gasteiger charge is 2.40. The normalized spacial score (nSPS) is 19.4. The predicted molar refractivity (Wildman–Crippen MR) is 117 cm³/mol. The molecule has 2 unspecified atom stereocenters. The van der Waals surface area contributed by atoms with Crippen LogP contribution < -0.4 is 11.5 Å². The third-order valence-electron chi connectivity index (χ3n) is 5.87. The molecule has 9 nitrogen and oxygen atoms in total. The van der Waals surface area contributed by atoms with Crippen molar-refractivity contribution in [3.8, 4) is 5.69 Å². The van der Waals surface area contributed by atoms with Crippen LogP contribution in [0.15, 0.2) is 30.5 Å². The molecule has 2 amide bonds. The fraction of sp³-hybridized carbons (Fsp3) is 0.500. The first-order chi connectivity index (χ1) is 14.6. The minimum atomic E-state index is -0.888. The van der Waals surface area contributed by atoms with E-state index in [1.165, 1.54) is 9.58 Å². The number of carboxylic acid groups (broad SMARTS) is 1. The number of aromatic nitrogens is 2. The average molecular weight is 430 g/mol. The van der Waals surface area contributed by atoms with Gasteiger partial charge < -0.3 is 26.2 Å². The van der Waals surface area contributed by atoms with Gasteiger partial charge in [-0.2, -0.15) is 5.10 Å². The van der Waals surface area contributed by atoms with E-state index >= 15 is 0 Å². The second-order valence-corrected chi connectivity index (χ2v) is 9.08. The van der Waals surface area contributed by atoms with E-state index in [0.717, 1.165) is 24.1 Å². The molecule has 0 aliphatic carbocycles. The lowest BCUT2D eigenvalue weighted by Gasteiger charge is -2.45. The number of carbonyl (C=O) groups excluding carboxylic acids is 1. The van der Waals surface area contributed by atoms with Gasteiger partial charge in [-0.25, -0.2) is 9.48 Å². The highest BCUT2D eigenvalue weighted by atomic mass is 16.5. The molecule has 1 aliphatic rings. The number of benzene rings is 1. The lowest BCUT2D eigenvalue weighted by Crippen LogP contribution is -2.53. The highest BCUT2D eigenvalue weighted by molar-refractivity contribution is 5.95. The van der Waals surface area contributed by atoms with Crippen LogP contribution in [0.25, 0.3) is 5.69 Å². The molecular weight excluding hydrogens is 398 g/mol. The number of amides is 2. The van der Waals surface area contributed by atoms with Crippen LogP contribution in [0.1, 0.15) is 49.7 Å². The van der Waals surface area contributed by atoms with Gasteiger partial charge in [0.15, 0.2) is 5.69 Å². The summed E-state index contributed by atoms with van der Waals surface area (Å²) in [6, 6.07) is 7.32. The van der Waals surface area contributed by atoms with Gasteiger partial charge in [-0.15, -0.1) is 0 Å². The molecule has 1 aromatic heterocycles. The first kappa shape index (κ1) is 22.6. The number of likely N-dealkylation sites (tertiary alicyclic amines) is 1. The first-order valence-electron chi connectivity index (χ1n) is 10.4. The third kappa shape index (κ3) is 5.16. The number of rotatable bonds is 6. The number of piperidine rings is 1. The summed E-state index contributed by atoms with van der Waals surface area (Å²) < 4.78 is 7.46. The molecular formula is C22H31N5O4. The number of hydrogen-bond acceptors (Lipinski definition) is 5. The summed E-state index contributed by atoms with van der Waals surface area (Å²) in [6.07, 6.45) is 2.53. The van der Waals surface area contributed by atoms with Gasteiger partial charge in [0, 0.05) is 6.54 Å². The second-order valence-electron chi connectivity index (χ2n) is 9.08. The van der Waals surface area contributed by atoms with Crippen molar-refractivity contribution in [1.29, 1.82) is 0 Å². The van der Waals surface area contributed by atoms with Crippen molar-refractivity contribution < 1.29 is 19.4 Å². The monoisotopic (exact) mass is 429 g/mol. The zero-order valence-corrected chi connectivity index (χ0v) is 18.2. The molecule has 1 aliphatic heterocycles. The van der Waals surface area contributed by atoms with Crippen LogP contribution in [0.2, 0.25) is 0 Å². The number of anilines is 1. The molecule has 9 heteroatoms. The SMILES string of the molecule is CC(C)(C)C1CCCN(C(=O)O)C1COCc1ccc(-n2cc(N)c(C(N)=O)n2)cc1. The minimum absolute atomic E-state index is 0.000824. The van der Waals surface area contributed by atoms with Crippen molar-refractivity contribution in [3.05, 3.63) is 41.7 Å². The Labute approximate surface area is 182 Å². The quantitative estimate of drug-likeness (QED) is 0.646. The number of nitrogens with two attached hydrogens (primary N) is 2. The van der Waals surface area contributed by atoms with E-state index in [-0.39, 0.29) is 28.8 Å². The van der Waals surface area contributed by atoms with Crippen LogP contribution in [-0.4, -0.2) is 51.0 Å². The summed E-state index contributed by atoms with van der Waals surface area (Å²) in [5.74, 6) is -0.433. The average Bonchev–Trinajstić information content (AvgIpc) is 3.09. The molecule has 1 aromatic carbocycles. The fourth-order valence-electron chi connectivity index (χ4n) is 4.26. The zero-order chi connectivity index (χ0) is 22.8. The molecule has 2 aromatic rings. The van der Waals surface area contributed by atoms with Crippen molar-refractivity contribution in [3.63, 3.8) is 0 Å². The first-order valence-corrected chi connectivity index (χ1v) is 10.4. The summed E-state index contributed by atoms with van der Waals surface area (Å²) in [7, 11) is 0. The van der Waals surface area contributed by atoms with Gasteiger partial charge in [0.2, 0.25) is 0 Å². The van der Waals surface area contributed by atoms with E-state index in [0.29, 0.717) is 19.8 Å². The van der Waals surface area contributed by atoms with E-state index in [1.807, 2.05) is 24.3 Å². The number of carbonyl (C=O) groups is 2. The van der Waals surface area contributed by atoms with Gasteiger partial charge in [-0.1, -0.05) is 32.9 Å². The highest BCUT2D eigenvalue weighted by Crippen LogP contribution is 2.38. The molecule has 0 radical (unpaired) electrons. The summed E-state index contributed by atoms with van der Waals surface area (Å²) in [5, 5.41) is 13.7. The molecule has 1 fully saturated rings. The Hall–Kier alpha value is -3.07. The Kier molecular flexibility index (Phi) is 6.54. The second kappa shape index (κ2) is 8.97. The largest absolute Gasteiger partial charge is 0.465 e. The number of nitrogens with zero attached hydrogens (tertiary/aromatic N) is 3. The molecule has 168 valence electrons. The van der Waals surface area contributed by atoms with Crippen molar-refractivity contribution in [1.82, 2.24) is 14.7 Å². The van der Waals surface area contributed by atoms with Gasteiger partial charge in [-0.3, -0.25) is 4.79 Å². The van der Waals surface area contributed by atoms with Crippen molar-refractivity contribution in [2.45, 2.75) is 46.3 Å². The Bertz CT molecular complexity index is 932. The van der Waals surface area contributed by atoms with Gasteiger partial charge in [0.05, 0.1) is 36.8 Å². The molecule has 1 saturated heterocycles. The van der Waals surface area contributed by atoms with Crippen molar-refractivity contribution in [2.75, 3.05) is 18.9 Å². The number of primary amides is 1. The van der Waals surface area contributed by atoms with Gasteiger partial charge in [-0.05, 0) is 41.9 Å². The molecule has 31 heavy (non-hydrogen) atoms. The summed E-state index contributed by atoms with van der Waals surface area (Å²) in [6.45, 7) is 7.73. The lowest BCUT2D eigenvalue weighted by atomic mass is 9.72. The van der Waals surface area contributed by atoms with Crippen LogP contribution in [0.4, 0.5) is 10.5 Å². The number of hydrogen-bond donors (Lipinski definition) is 3. The summed E-state index contributed by atoms with van der Waals surface area (Å²) in [4.78, 5) is 24.6. The molecule has 3 rings (SSSR count). The summed E-state index contributed by atoms with van der Waals surface area (Å²) >= 11 is 0. The topological polar surface area (TPSA) is 137 Å². The zero-order valence-electron chi connectivity index (χ0n) is 18.2. The smallest absolute Gasteiger partial charge is 0.407 e. The fourth-order valence-corrected chi connectivity index (χ4v) is 4.26. The Morgan fingerprint density at radius 1 is 1.26 bits per heavy atom. The minimum Gasteiger partial charge on any atom is -0.465 e. The van der Waals surface area contributed by atoms with E-state index in [1.54, 1.807) is 6.20 Å². The predicted octanol–water partition coefficient (Wildman–Crippen LogP) is 2.87. The van der Waals surface area contributed by atoms with Crippen LogP contribution in [0.5, 0.6) is 0 Å². The Morgan fingerprint density at radius 2 is 1.94 bits per heavy atom. The van der Waals surface area contributed by atoms with Crippen molar-refractivity contribution in [2.24, 2.45) is 17.1 Å². The van der Waals surface area contributed by atoms with Gasteiger partial charge in [0.25, 0.3) is 5.91 Å². The molecule has 0 saturated carbocycles. The maximum atomic E-state index is 11.7. The molecule has 0 bridgehead atoms. The van der Waals surface area contributed by atoms with Crippen molar-refractivity contribution >= 4 is 17.7 Å². The lowest BCUT2D eigenvalue weighted by molar-refractivity contribution is -0.0205. The third-order valence-corrected chi connectivity index (χ3v) is 5.87. The number of ether oxygens (including phenoxy) is 1. The van der Waals surface area contributed by atoms with E-state index in [9.17, 15) is 14.7 Å². The van der Waals surface area contributed by atoms with Crippen LogP contribution in [-0.2, 0) is 11.3 Å². The van der Waals surface area contributed by atoms with Crippen LogP contribution >= 0.6 is 0 Å². The van der Waals surface area contributed by atoms with Gasteiger partial charge >= 0.3 is 6.09 Å². The van der Waals surface area contributed by atoms with E-state index in [2.05, 4.69) is 25.9 Å². The Morgan fingerprint density at radius 3 is 2.48 bits per heavy atom. The van der Waals surface area contributed by atoms with Gasteiger partial charge in [0.1, 0.15) is 0 Å². The summed E-state index contributed by atoms with van der Waals surface area (Å²) in [5.41, 5.74) is 13.0. The number of nitrogen functional groups attached to an aromatic ring is 1. The van der Waals surface area contributed by atoms with Crippen LogP contribution in [0.3, 0.4) is 0 Å². The molecule has 2 heterocycles. The molecule has 0 spiro atoms. The standard InChI is InChI=1S/C22H31N5O4/c1-22(2,3)16-5-4-10-26(21(29)30)18(16)13-31-12-14-6-8-15(9-7-14)27-11-17(23)19(25-27)20(24)28/h6-9,11,16,18H,4-5,10,12-13,23H2,1-3H3,(H2,24,28)(H,29,30).